The summed E-state index contributed by atoms with van der Waals surface area (Å²) in [4.78, 5) is 37.2. The molecular weight excluding hydrogens is 294 g/mol. The van der Waals surface area contributed by atoms with Gasteiger partial charge in [0.25, 0.3) is 11.8 Å². The Morgan fingerprint density at radius 1 is 1.10 bits per heavy atom. The van der Waals surface area contributed by atoms with E-state index in [0.717, 1.165) is 0 Å². The third kappa shape index (κ3) is 3.49. The highest BCUT2D eigenvalue weighted by Crippen LogP contribution is 2.23. The maximum absolute atomic E-state index is 12.0. The fourth-order valence-corrected chi connectivity index (χ4v) is 1.85. The van der Waals surface area contributed by atoms with Gasteiger partial charge in [-0.2, -0.15) is 0 Å². The zero-order valence-corrected chi connectivity index (χ0v) is 11.8. The Morgan fingerprint density at radius 3 is 2.48 bits per heavy atom. The van der Waals surface area contributed by atoms with E-state index in [9.17, 15) is 14.4 Å². The molecule has 2 aromatic rings. The van der Waals surface area contributed by atoms with Gasteiger partial charge in [0.2, 0.25) is 5.56 Å². The van der Waals surface area contributed by atoms with Crippen LogP contribution in [0.1, 0.15) is 20.7 Å². The summed E-state index contributed by atoms with van der Waals surface area (Å²) < 4.78 is 0. The molecule has 0 saturated heterocycles. The molecule has 21 heavy (non-hydrogen) atoms. The summed E-state index contributed by atoms with van der Waals surface area (Å²) in [6, 6.07) is 7.16. The Kier molecular flexibility index (Phi) is 4.39. The van der Waals surface area contributed by atoms with Gasteiger partial charge in [0.05, 0.1) is 10.7 Å². The first kappa shape index (κ1) is 14.8. The van der Waals surface area contributed by atoms with Crippen LogP contribution in [0.3, 0.4) is 0 Å². The molecule has 1 heterocycles. The van der Waals surface area contributed by atoms with Crippen LogP contribution in [0.5, 0.6) is 0 Å². The van der Waals surface area contributed by atoms with Crippen LogP contribution in [0, 0.1) is 0 Å². The van der Waals surface area contributed by atoms with Crippen molar-refractivity contribution in [3.05, 3.63) is 63.0 Å². The van der Waals surface area contributed by atoms with Gasteiger partial charge in [0.15, 0.2) is 0 Å². The summed E-state index contributed by atoms with van der Waals surface area (Å²) in [5, 5.41) is 5.34. The van der Waals surface area contributed by atoms with E-state index in [0.29, 0.717) is 16.3 Å². The van der Waals surface area contributed by atoms with Gasteiger partial charge in [-0.05, 0) is 24.3 Å². The lowest BCUT2D eigenvalue weighted by Crippen LogP contribution is -2.19. The van der Waals surface area contributed by atoms with E-state index in [4.69, 9.17) is 11.6 Å². The van der Waals surface area contributed by atoms with E-state index in [1.807, 2.05) is 0 Å². The highest BCUT2D eigenvalue weighted by Gasteiger charge is 2.11. The summed E-state index contributed by atoms with van der Waals surface area (Å²) >= 11 is 5.99. The molecule has 0 aliphatic carbocycles. The second-order valence-corrected chi connectivity index (χ2v) is 4.58. The van der Waals surface area contributed by atoms with Gasteiger partial charge in [0.1, 0.15) is 0 Å². The highest BCUT2D eigenvalue weighted by molar-refractivity contribution is 6.34. The van der Waals surface area contributed by atoms with Crippen LogP contribution in [0.25, 0.3) is 0 Å². The average molecular weight is 306 g/mol. The second kappa shape index (κ2) is 6.23. The molecule has 0 spiro atoms. The topological polar surface area (TPSA) is 91.1 Å². The number of amides is 2. The number of pyridine rings is 1. The number of hydrogen-bond acceptors (Lipinski definition) is 3. The summed E-state index contributed by atoms with van der Waals surface area (Å²) in [5.41, 5.74) is 0.471. The summed E-state index contributed by atoms with van der Waals surface area (Å²) in [6.07, 6.45) is 1.37. The molecule has 2 amide bonds. The molecule has 1 aromatic heterocycles. The van der Waals surface area contributed by atoms with Crippen molar-refractivity contribution in [1.82, 2.24) is 10.3 Å². The summed E-state index contributed by atoms with van der Waals surface area (Å²) in [5.74, 6) is -0.782. The Balaban J connectivity index is 2.28. The molecule has 1 aromatic carbocycles. The van der Waals surface area contributed by atoms with E-state index in [-0.39, 0.29) is 17.0 Å². The molecule has 0 aliphatic rings. The second-order valence-electron chi connectivity index (χ2n) is 4.17. The first-order valence-electron chi connectivity index (χ1n) is 6.03. The first-order valence-corrected chi connectivity index (χ1v) is 6.41. The number of benzene rings is 1. The van der Waals surface area contributed by atoms with Crippen molar-refractivity contribution in [1.29, 1.82) is 0 Å². The molecule has 7 heteroatoms. The zero-order valence-electron chi connectivity index (χ0n) is 11.1. The highest BCUT2D eigenvalue weighted by atomic mass is 35.5. The molecule has 0 atom stereocenters. The molecule has 0 aliphatic heterocycles. The SMILES string of the molecule is CNC(=O)c1ccc(Cl)c(NC(=O)c2cc[nH]c(=O)c2)c1. The van der Waals surface area contributed by atoms with Gasteiger partial charge in [-0.1, -0.05) is 11.6 Å². The van der Waals surface area contributed by atoms with Crippen molar-refractivity contribution in [2.24, 2.45) is 0 Å². The number of aromatic amines is 1. The van der Waals surface area contributed by atoms with E-state index in [2.05, 4.69) is 15.6 Å². The largest absolute Gasteiger partial charge is 0.355 e. The minimum absolute atomic E-state index is 0.195. The Morgan fingerprint density at radius 2 is 1.81 bits per heavy atom. The normalized spacial score (nSPS) is 10.0. The van der Waals surface area contributed by atoms with Crippen LogP contribution in [0.4, 0.5) is 5.69 Å². The number of aromatic nitrogens is 1. The lowest BCUT2D eigenvalue weighted by Gasteiger charge is -2.09. The number of nitrogens with one attached hydrogen (secondary N) is 3. The zero-order chi connectivity index (χ0) is 15.4. The van der Waals surface area contributed by atoms with E-state index in [1.165, 1.54) is 37.5 Å². The molecule has 0 saturated carbocycles. The Hall–Kier alpha value is -2.60. The standard InChI is InChI=1S/C14H12ClN3O3/c1-16-13(20)8-2-3-10(15)11(6-8)18-14(21)9-4-5-17-12(19)7-9/h2-7H,1H3,(H,16,20)(H,17,19)(H,18,21). The van der Waals surface area contributed by atoms with E-state index in [1.54, 1.807) is 6.07 Å². The van der Waals surface area contributed by atoms with Gasteiger partial charge in [0, 0.05) is 30.4 Å². The van der Waals surface area contributed by atoms with Crippen molar-refractivity contribution in [2.75, 3.05) is 12.4 Å². The summed E-state index contributed by atoms with van der Waals surface area (Å²) in [7, 11) is 1.51. The van der Waals surface area contributed by atoms with E-state index >= 15 is 0 Å². The Labute approximate surface area is 125 Å². The minimum atomic E-state index is -0.489. The smallest absolute Gasteiger partial charge is 0.255 e. The quantitative estimate of drug-likeness (QED) is 0.805. The number of H-pyrrole nitrogens is 1. The maximum atomic E-state index is 12.0. The van der Waals surface area contributed by atoms with Crippen LogP contribution < -0.4 is 16.2 Å². The molecule has 0 unspecified atom stereocenters. The lowest BCUT2D eigenvalue weighted by atomic mass is 10.1. The van der Waals surface area contributed by atoms with Crippen LogP contribution in [-0.2, 0) is 0 Å². The number of carbonyl (C=O) groups excluding carboxylic acids is 2. The van der Waals surface area contributed by atoms with Gasteiger partial charge in [-0.15, -0.1) is 0 Å². The molecule has 0 radical (unpaired) electrons. The number of anilines is 1. The molecule has 3 N–H and O–H groups in total. The van der Waals surface area contributed by atoms with Crippen molar-refractivity contribution in [3.8, 4) is 0 Å². The Bertz CT molecular complexity index is 755. The van der Waals surface area contributed by atoms with Gasteiger partial charge < -0.3 is 15.6 Å². The molecule has 108 valence electrons. The van der Waals surface area contributed by atoms with Crippen LogP contribution in [0.15, 0.2) is 41.3 Å². The molecule has 6 nitrogen and oxygen atoms in total. The van der Waals surface area contributed by atoms with Gasteiger partial charge in [-0.3, -0.25) is 14.4 Å². The van der Waals surface area contributed by atoms with Crippen molar-refractivity contribution in [2.45, 2.75) is 0 Å². The predicted molar refractivity (Wildman–Crippen MR) is 79.9 cm³/mol. The monoisotopic (exact) mass is 305 g/mol. The number of carbonyl (C=O) groups is 2. The van der Waals surface area contributed by atoms with Crippen LogP contribution in [-0.4, -0.2) is 23.8 Å². The lowest BCUT2D eigenvalue weighted by molar-refractivity contribution is 0.0961. The fourth-order valence-electron chi connectivity index (χ4n) is 1.69. The summed E-state index contributed by atoms with van der Waals surface area (Å²) in [6.45, 7) is 0. The van der Waals surface area contributed by atoms with Gasteiger partial charge >= 0.3 is 0 Å². The third-order valence-corrected chi connectivity index (χ3v) is 3.07. The number of halogens is 1. The maximum Gasteiger partial charge on any atom is 0.255 e. The van der Waals surface area contributed by atoms with E-state index < -0.39 is 5.91 Å². The third-order valence-electron chi connectivity index (χ3n) is 2.74. The van der Waals surface area contributed by atoms with Crippen molar-refractivity contribution in [3.63, 3.8) is 0 Å². The predicted octanol–water partition coefficient (Wildman–Crippen LogP) is 1.64. The first-order chi connectivity index (χ1) is 10.0. The van der Waals surface area contributed by atoms with Crippen LogP contribution >= 0.6 is 11.6 Å². The fraction of sp³-hybridized carbons (Fsp3) is 0.0714. The molecule has 2 rings (SSSR count). The minimum Gasteiger partial charge on any atom is -0.355 e. The number of rotatable bonds is 3. The average Bonchev–Trinajstić information content (AvgIpc) is 2.48. The molecular formula is C14H12ClN3O3. The van der Waals surface area contributed by atoms with Gasteiger partial charge in [-0.25, -0.2) is 0 Å². The van der Waals surface area contributed by atoms with Crippen molar-refractivity contribution >= 4 is 29.1 Å². The number of hydrogen-bond donors (Lipinski definition) is 3. The van der Waals surface area contributed by atoms with Crippen LogP contribution in [0.2, 0.25) is 5.02 Å². The van der Waals surface area contributed by atoms with Crippen molar-refractivity contribution < 1.29 is 9.59 Å². The molecule has 0 bridgehead atoms. The molecule has 0 fully saturated rings.